The molecule has 2 heteroatoms. The average Bonchev–Trinajstić information content (AvgIpc) is 2.44. The molecule has 0 aliphatic heterocycles. The summed E-state index contributed by atoms with van der Waals surface area (Å²) in [5.74, 6) is 0. The minimum atomic E-state index is 0.155. The van der Waals surface area contributed by atoms with Crippen LogP contribution in [0.2, 0.25) is 0 Å². The molecule has 0 spiro atoms. The summed E-state index contributed by atoms with van der Waals surface area (Å²) in [7, 11) is 0. The van der Waals surface area contributed by atoms with Gasteiger partial charge in [0.25, 0.3) is 0 Å². The fourth-order valence-electron chi connectivity index (χ4n) is 2.11. The first-order valence-electron chi connectivity index (χ1n) is 6.76. The van der Waals surface area contributed by atoms with Gasteiger partial charge in [0.1, 0.15) is 0 Å². The third-order valence-corrected chi connectivity index (χ3v) is 3.20. The van der Waals surface area contributed by atoms with Crippen LogP contribution in [0.5, 0.6) is 0 Å². The summed E-state index contributed by atoms with van der Waals surface area (Å²) in [4.78, 5) is 0. The molecule has 0 fully saturated rings. The molecule has 1 unspecified atom stereocenters. The molecule has 0 amide bonds. The number of hydrogen-bond donors (Lipinski definition) is 1. The van der Waals surface area contributed by atoms with Crippen molar-refractivity contribution < 1.29 is 4.74 Å². The number of aryl methyl sites for hydroxylation is 1. The van der Waals surface area contributed by atoms with Crippen molar-refractivity contribution in [2.24, 2.45) is 0 Å². The zero-order valence-corrected chi connectivity index (χ0v) is 11.4. The Balaban J connectivity index is 1.72. The van der Waals surface area contributed by atoms with E-state index in [1.807, 2.05) is 36.4 Å². The summed E-state index contributed by atoms with van der Waals surface area (Å²) in [6.07, 6.45) is 2.18. The minimum absolute atomic E-state index is 0.155. The first kappa shape index (κ1) is 13.6. The maximum Gasteiger partial charge on any atom is 0.0796 e. The zero-order chi connectivity index (χ0) is 13.5. The number of hydrogen-bond acceptors (Lipinski definition) is 2. The van der Waals surface area contributed by atoms with Crippen LogP contribution in [-0.4, -0.2) is 6.61 Å². The van der Waals surface area contributed by atoms with Gasteiger partial charge in [0.15, 0.2) is 0 Å². The minimum Gasteiger partial charge on any atom is -0.399 e. The summed E-state index contributed by atoms with van der Waals surface area (Å²) < 4.78 is 5.85. The van der Waals surface area contributed by atoms with E-state index in [9.17, 15) is 0 Å². The smallest absolute Gasteiger partial charge is 0.0796 e. The maximum atomic E-state index is 5.85. The van der Waals surface area contributed by atoms with Crippen LogP contribution < -0.4 is 5.73 Å². The highest BCUT2D eigenvalue weighted by atomic mass is 16.5. The van der Waals surface area contributed by atoms with E-state index in [0.717, 1.165) is 25.1 Å². The molecule has 2 aromatic carbocycles. The standard InChI is InChI=1S/C17H21NO/c1-14(16-9-3-2-4-10-16)19-12-6-8-15-7-5-11-17(18)13-15/h2-5,7,9-11,13-14H,6,8,12,18H2,1H3. The van der Waals surface area contributed by atoms with Crippen molar-refractivity contribution in [2.45, 2.75) is 25.9 Å². The lowest BCUT2D eigenvalue weighted by Crippen LogP contribution is -2.02. The van der Waals surface area contributed by atoms with Gasteiger partial charge in [-0.3, -0.25) is 0 Å². The van der Waals surface area contributed by atoms with Gasteiger partial charge >= 0.3 is 0 Å². The molecule has 0 radical (unpaired) electrons. The predicted molar refractivity (Wildman–Crippen MR) is 80.0 cm³/mol. The molecular formula is C17H21NO. The van der Waals surface area contributed by atoms with Crippen LogP contribution in [0.4, 0.5) is 5.69 Å². The van der Waals surface area contributed by atoms with Crippen LogP contribution in [-0.2, 0) is 11.2 Å². The molecule has 0 heterocycles. The highest BCUT2D eigenvalue weighted by molar-refractivity contribution is 5.40. The maximum absolute atomic E-state index is 5.85. The Bertz CT molecular complexity index is 496. The quantitative estimate of drug-likeness (QED) is 0.626. The molecule has 2 N–H and O–H groups in total. The molecule has 2 nitrogen and oxygen atoms in total. The fourth-order valence-corrected chi connectivity index (χ4v) is 2.11. The van der Waals surface area contributed by atoms with Crippen molar-refractivity contribution in [3.05, 3.63) is 65.7 Å². The lowest BCUT2D eigenvalue weighted by molar-refractivity contribution is 0.0641. The van der Waals surface area contributed by atoms with Gasteiger partial charge in [0, 0.05) is 12.3 Å². The first-order valence-corrected chi connectivity index (χ1v) is 6.76. The van der Waals surface area contributed by atoms with E-state index in [4.69, 9.17) is 10.5 Å². The number of nitrogen functional groups attached to an aromatic ring is 1. The van der Waals surface area contributed by atoms with E-state index in [-0.39, 0.29) is 6.10 Å². The summed E-state index contributed by atoms with van der Waals surface area (Å²) in [5.41, 5.74) is 9.09. The van der Waals surface area contributed by atoms with Gasteiger partial charge in [-0.25, -0.2) is 0 Å². The molecule has 1 atom stereocenters. The molecule has 0 saturated heterocycles. The fraction of sp³-hybridized carbons (Fsp3) is 0.294. The van der Waals surface area contributed by atoms with Crippen molar-refractivity contribution in [3.8, 4) is 0 Å². The summed E-state index contributed by atoms with van der Waals surface area (Å²) in [6.45, 7) is 2.86. The first-order chi connectivity index (χ1) is 9.25. The Labute approximate surface area is 115 Å². The molecule has 0 saturated carbocycles. The van der Waals surface area contributed by atoms with Gasteiger partial charge in [-0.05, 0) is 43.0 Å². The van der Waals surface area contributed by atoms with Gasteiger partial charge in [-0.1, -0.05) is 42.5 Å². The van der Waals surface area contributed by atoms with Crippen LogP contribution in [0.1, 0.15) is 30.6 Å². The van der Waals surface area contributed by atoms with Crippen LogP contribution in [0, 0.1) is 0 Å². The van der Waals surface area contributed by atoms with Gasteiger partial charge in [-0.2, -0.15) is 0 Å². The molecule has 100 valence electrons. The zero-order valence-electron chi connectivity index (χ0n) is 11.4. The van der Waals surface area contributed by atoms with Crippen molar-refractivity contribution in [3.63, 3.8) is 0 Å². The summed E-state index contributed by atoms with van der Waals surface area (Å²) in [5, 5.41) is 0. The number of nitrogens with two attached hydrogens (primary N) is 1. The monoisotopic (exact) mass is 255 g/mol. The Morgan fingerprint density at radius 1 is 1.05 bits per heavy atom. The molecule has 0 aromatic heterocycles. The third kappa shape index (κ3) is 4.42. The molecule has 0 aliphatic carbocycles. The average molecular weight is 255 g/mol. The number of benzene rings is 2. The Kier molecular flexibility index (Phi) is 4.99. The highest BCUT2D eigenvalue weighted by Gasteiger charge is 2.04. The van der Waals surface area contributed by atoms with Crippen LogP contribution in [0.3, 0.4) is 0 Å². The van der Waals surface area contributed by atoms with E-state index in [1.54, 1.807) is 0 Å². The third-order valence-electron chi connectivity index (χ3n) is 3.20. The summed E-state index contributed by atoms with van der Waals surface area (Å²) in [6, 6.07) is 18.4. The predicted octanol–water partition coefficient (Wildman–Crippen LogP) is 3.98. The van der Waals surface area contributed by atoms with Crippen LogP contribution >= 0.6 is 0 Å². The molecule has 0 bridgehead atoms. The Morgan fingerprint density at radius 3 is 2.58 bits per heavy atom. The number of ether oxygens (including phenoxy) is 1. The molecule has 0 aliphatic rings. The van der Waals surface area contributed by atoms with E-state index in [1.165, 1.54) is 11.1 Å². The van der Waals surface area contributed by atoms with Gasteiger partial charge < -0.3 is 10.5 Å². The number of anilines is 1. The molecule has 19 heavy (non-hydrogen) atoms. The lowest BCUT2D eigenvalue weighted by Gasteiger charge is -2.13. The Morgan fingerprint density at radius 2 is 1.84 bits per heavy atom. The van der Waals surface area contributed by atoms with Crippen molar-refractivity contribution in [2.75, 3.05) is 12.3 Å². The lowest BCUT2D eigenvalue weighted by atomic mass is 10.1. The second-order valence-corrected chi connectivity index (χ2v) is 4.77. The van der Waals surface area contributed by atoms with Crippen molar-refractivity contribution >= 4 is 5.69 Å². The van der Waals surface area contributed by atoms with E-state index in [2.05, 4.69) is 25.1 Å². The van der Waals surface area contributed by atoms with E-state index >= 15 is 0 Å². The van der Waals surface area contributed by atoms with Crippen LogP contribution in [0.15, 0.2) is 54.6 Å². The van der Waals surface area contributed by atoms with Crippen molar-refractivity contribution in [1.29, 1.82) is 0 Å². The molecular weight excluding hydrogens is 234 g/mol. The number of rotatable bonds is 6. The Hall–Kier alpha value is -1.80. The van der Waals surface area contributed by atoms with E-state index < -0.39 is 0 Å². The van der Waals surface area contributed by atoms with Gasteiger partial charge in [-0.15, -0.1) is 0 Å². The second-order valence-electron chi connectivity index (χ2n) is 4.77. The normalized spacial score (nSPS) is 12.3. The van der Waals surface area contributed by atoms with Gasteiger partial charge in [0.05, 0.1) is 6.10 Å². The van der Waals surface area contributed by atoms with E-state index in [0.29, 0.717) is 0 Å². The van der Waals surface area contributed by atoms with Crippen molar-refractivity contribution in [1.82, 2.24) is 0 Å². The highest BCUT2D eigenvalue weighted by Crippen LogP contribution is 2.16. The topological polar surface area (TPSA) is 35.2 Å². The summed E-state index contributed by atoms with van der Waals surface area (Å²) >= 11 is 0. The van der Waals surface area contributed by atoms with Crippen LogP contribution in [0.25, 0.3) is 0 Å². The SMILES string of the molecule is CC(OCCCc1cccc(N)c1)c1ccccc1. The molecule has 2 rings (SSSR count). The van der Waals surface area contributed by atoms with Gasteiger partial charge in [0.2, 0.25) is 0 Å². The second kappa shape index (κ2) is 6.95. The molecule has 2 aromatic rings. The largest absolute Gasteiger partial charge is 0.399 e.